The molecule has 0 unspecified atom stereocenters. The molecule has 0 amide bonds. The summed E-state index contributed by atoms with van der Waals surface area (Å²) < 4.78 is 28.4. The number of carbonyl (C=O) groups is 1. The van der Waals surface area contributed by atoms with Gasteiger partial charge in [-0.15, -0.1) is 0 Å². The quantitative estimate of drug-likeness (QED) is 0.785. The molecule has 1 aromatic carbocycles. The van der Waals surface area contributed by atoms with Crippen LogP contribution in [0.1, 0.15) is 24.2 Å². The van der Waals surface area contributed by atoms with E-state index < -0.39 is 11.8 Å². The molecule has 2 aromatic rings. The number of hydrogen-bond donors (Lipinski definition) is 0. The maximum absolute atomic E-state index is 14.0. The zero-order valence-electron chi connectivity index (χ0n) is 10.1. The van der Waals surface area contributed by atoms with Gasteiger partial charge in [0.15, 0.2) is 5.78 Å². The highest BCUT2D eigenvalue weighted by atomic mass is 19.1. The van der Waals surface area contributed by atoms with E-state index in [0.717, 1.165) is 10.7 Å². The summed E-state index contributed by atoms with van der Waals surface area (Å²) in [5.41, 5.74) is 0.659. The molecule has 0 saturated heterocycles. The summed E-state index contributed by atoms with van der Waals surface area (Å²) in [6.07, 6.45) is 1.31. The van der Waals surface area contributed by atoms with Crippen LogP contribution in [0.15, 0.2) is 24.4 Å². The van der Waals surface area contributed by atoms with Gasteiger partial charge in [-0.1, -0.05) is 0 Å². The zero-order chi connectivity index (χ0) is 13.3. The Balaban J connectivity index is 2.65. The van der Waals surface area contributed by atoms with Gasteiger partial charge >= 0.3 is 0 Å². The first-order valence-corrected chi connectivity index (χ1v) is 5.56. The third kappa shape index (κ3) is 2.03. The van der Waals surface area contributed by atoms with Crippen LogP contribution in [0.25, 0.3) is 11.1 Å². The fourth-order valence-electron chi connectivity index (χ4n) is 1.82. The van der Waals surface area contributed by atoms with E-state index in [-0.39, 0.29) is 22.5 Å². The van der Waals surface area contributed by atoms with Gasteiger partial charge in [-0.3, -0.25) is 4.79 Å². The second-order valence-corrected chi connectivity index (χ2v) is 3.91. The van der Waals surface area contributed by atoms with E-state index >= 15 is 0 Å². The Morgan fingerprint density at radius 2 is 2.06 bits per heavy atom. The van der Waals surface area contributed by atoms with Crippen LogP contribution in [0, 0.1) is 11.8 Å². The van der Waals surface area contributed by atoms with Crippen molar-refractivity contribution < 1.29 is 13.6 Å². The van der Waals surface area contributed by atoms with E-state index in [2.05, 4.69) is 5.10 Å². The van der Waals surface area contributed by atoms with Crippen LogP contribution < -0.4 is 0 Å². The highest BCUT2D eigenvalue weighted by Crippen LogP contribution is 2.27. The van der Waals surface area contributed by atoms with E-state index in [0.29, 0.717) is 6.54 Å². The molecule has 94 valence electrons. The molecule has 0 aliphatic heterocycles. The minimum absolute atomic E-state index is 0.140. The van der Waals surface area contributed by atoms with Gasteiger partial charge in [-0.05, 0) is 32.0 Å². The molecule has 0 saturated carbocycles. The highest BCUT2D eigenvalue weighted by Gasteiger charge is 2.17. The molecular weight excluding hydrogens is 238 g/mol. The Labute approximate surface area is 103 Å². The topological polar surface area (TPSA) is 34.9 Å². The van der Waals surface area contributed by atoms with Crippen LogP contribution in [-0.4, -0.2) is 15.6 Å². The summed E-state index contributed by atoms with van der Waals surface area (Å²) in [4.78, 5) is 11.5. The molecule has 0 fully saturated rings. The summed E-state index contributed by atoms with van der Waals surface area (Å²) >= 11 is 0. The number of ketones is 1. The third-order valence-electron chi connectivity index (χ3n) is 2.73. The predicted octanol–water partition coefficient (Wildman–Crippen LogP) is 3.05. The van der Waals surface area contributed by atoms with E-state index in [4.69, 9.17) is 0 Å². The van der Waals surface area contributed by atoms with E-state index in [1.807, 2.05) is 0 Å². The fraction of sp³-hybridized carbons (Fsp3) is 0.231. The molecule has 0 aliphatic rings. The Morgan fingerprint density at radius 1 is 1.33 bits per heavy atom. The van der Waals surface area contributed by atoms with Crippen molar-refractivity contribution in [2.75, 3.05) is 0 Å². The standard InChI is InChI=1S/C13H12F2N2O/c1-3-17-13(15)12(7-16-17)11-6-9(14)4-5-10(11)8(2)18/h4-7H,3H2,1-2H3. The summed E-state index contributed by atoms with van der Waals surface area (Å²) in [7, 11) is 0. The Bertz CT molecular complexity index is 605. The molecule has 3 nitrogen and oxygen atoms in total. The Hall–Kier alpha value is -2.04. The number of hydrogen-bond acceptors (Lipinski definition) is 2. The van der Waals surface area contributed by atoms with Crippen molar-refractivity contribution in [3.8, 4) is 11.1 Å². The lowest BCUT2D eigenvalue weighted by molar-refractivity contribution is 0.101. The van der Waals surface area contributed by atoms with Gasteiger partial charge in [0.25, 0.3) is 0 Å². The van der Waals surface area contributed by atoms with Gasteiger partial charge in [-0.25, -0.2) is 9.07 Å². The molecule has 18 heavy (non-hydrogen) atoms. The molecule has 0 aliphatic carbocycles. The van der Waals surface area contributed by atoms with Crippen LogP contribution in [0.4, 0.5) is 8.78 Å². The fourth-order valence-corrected chi connectivity index (χ4v) is 1.82. The largest absolute Gasteiger partial charge is 0.294 e. The maximum atomic E-state index is 14.0. The lowest BCUT2D eigenvalue weighted by atomic mass is 9.99. The summed E-state index contributed by atoms with van der Waals surface area (Å²) in [5.74, 6) is -1.32. The smallest absolute Gasteiger partial charge is 0.219 e. The number of rotatable bonds is 3. The van der Waals surface area contributed by atoms with Crippen LogP contribution in [0.2, 0.25) is 0 Å². The number of nitrogens with zero attached hydrogens (tertiary/aromatic N) is 2. The number of benzene rings is 1. The van der Waals surface area contributed by atoms with Crippen molar-refractivity contribution in [2.24, 2.45) is 0 Å². The van der Waals surface area contributed by atoms with Crippen molar-refractivity contribution in [2.45, 2.75) is 20.4 Å². The zero-order valence-corrected chi connectivity index (χ0v) is 10.1. The van der Waals surface area contributed by atoms with Gasteiger partial charge < -0.3 is 0 Å². The maximum Gasteiger partial charge on any atom is 0.219 e. The second kappa shape index (κ2) is 4.68. The van der Waals surface area contributed by atoms with Gasteiger partial charge in [-0.2, -0.15) is 9.49 Å². The monoisotopic (exact) mass is 250 g/mol. The molecule has 1 aromatic heterocycles. The molecule has 5 heteroatoms. The van der Waals surface area contributed by atoms with Crippen LogP contribution in [0.3, 0.4) is 0 Å². The van der Waals surface area contributed by atoms with Crippen LogP contribution in [0.5, 0.6) is 0 Å². The third-order valence-corrected chi connectivity index (χ3v) is 2.73. The molecule has 0 atom stereocenters. The summed E-state index contributed by atoms with van der Waals surface area (Å²) in [6.45, 7) is 3.48. The van der Waals surface area contributed by atoms with E-state index in [1.54, 1.807) is 6.92 Å². The SMILES string of the molecule is CCn1ncc(-c2cc(F)ccc2C(C)=O)c1F. The van der Waals surface area contributed by atoms with Gasteiger partial charge in [0.2, 0.25) is 5.95 Å². The number of aromatic nitrogens is 2. The first-order chi connectivity index (χ1) is 8.54. The predicted molar refractivity (Wildman–Crippen MR) is 63.3 cm³/mol. The number of halogens is 2. The van der Waals surface area contributed by atoms with Crippen LogP contribution >= 0.6 is 0 Å². The van der Waals surface area contributed by atoms with Crippen molar-refractivity contribution in [1.82, 2.24) is 9.78 Å². The highest BCUT2D eigenvalue weighted by molar-refractivity contribution is 6.00. The average Bonchev–Trinajstić information content (AvgIpc) is 2.69. The van der Waals surface area contributed by atoms with E-state index in [9.17, 15) is 13.6 Å². The molecule has 0 radical (unpaired) electrons. The molecule has 0 N–H and O–H groups in total. The first-order valence-electron chi connectivity index (χ1n) is 5.56. The minimum Gasteiger partial charge on any atom is -0.294 e. The lowest BCUT2D eigenvalue weighted by Crippen LogP contribution is -2.01. The van der Waals surface area contributed by atoms with Crippen molar-refractivity contribution in [3.05, 3.63) is 41.7 Å². The van der Waals surface area contributed by atoms with Crippen LogP contribution in [-0.2, 0) is 6.54 Å². The van der Waals surface area contributed by atoms with Crippen molar-refractivity contribution in [1.29, 1.82) is 0 Å². The average molecular weight is 250 g/mol. The molecule has 2 rings (SSSR count). The second-order valence-electron chi connectivity index (χ2n) is 3.91. The summed E-state index contributed by atoms with van der Waals surface area (Å²) in [6, 6.07) is 3.69. The number of carbonyl (C=O) groups excluding carboxylic acids is 1. The van der Waals surface area contributed by atoms with Crippen molar-refractivity contribution in [3.63, 3.8) is 0 Å². The van der Waals surface area contributed by atoms with Gasteiger partial charge in [0, 0.05) is 17.7 Å². The molecule has 1 heterocycles. The number of aryl methyl sites for hydroxylation is 1. The molecule has 0 bridgehead atoms. The Morgan fingerprint density at radius 3 is 2.61 bits per heavy atom. The first kappa shape index (κ1) is 12.4. The van der Waals surface area contributed by atoms with Gasteiger partial charge in [0.05, 0.1) is 11.8 Å². The normalized spacial score (nSPS) is 10.7. The van der Waals surface area contributed by atoms with Gasteiger partial charge in [0.1, 0.15) is 5.82 Å². The minimum atomic E-state index is -0.564. The summed E-state index contributed by atoms with van der Waals surface area (Å²) in [5, 5.41) is 3.85. The Kier molecular flexibility index (Phi) is 3.23. The molecule has 0 spiro atoms. The molecular formula is C13H12F2N2O. The van der Waals surface area contributed by atoms with Crippen molar-refractivity contribution >= 4 is 5.78 Å². The number of Topliss-reactive ketones (excluding diaryl/α,β-unsaturated/α-hetero) is 1. The van der Waals surface area contributed by atoms with E-state index in [1.165, 1.54) is 25.3 Å². The lowest BCUT2D eigenvalue weighted by Gasteiger charge is -2.05.